The second-order valence-corrected chi connectivity index (χ2v) is 7.15. The number of thioether (sulfide) groups is 1. The fourth-order valence-electron chi connectivity index (χ4n) is 2.77. The van der Waals surface area contributed by atoms with E-state index in [2.05, 4.69) is 6.58 Å². The molecule has 136 valence electrons. The molecule has 1 saturated heterocycles. The normalized spacial score (nSPS) is 16.6. The van der Waals surface area contributed by atoms with Gasteiger partial charge in [-0.2, -0.15) is 0 Å². The van der Waals surface area contributed by atoms with Crippen molar-refractivity contribution in [2.24, 2.45) is 0 Å². The molecule has 0 aromatic heterocycles. The van der Waals surface area contributed by atoms with E-state index in [1.54, 1.807) is 34.9 Å². The monoisotopic (exact) mass is 389 g/mol. The van der Waals surface area contributed by atoms with Gasteiger partial charge in [0.15, 0.2) is 11.5 Å². The van der Waals surface area contributed by atoms with Crippen molar-refractivity contribution in [2.75, 3.05) is 23.9 Å². The third kappa shape index (κ3) is 4.00. The van der Waals surface area contributed by atoms with E-state index in [0.717, 1.165) is 11.3 Å². The molecule has 0 unspecified atom stereocenters. The summed E-state index contributed by atoms with van der Waals surface area (Å²) in [6, 6.07) is 13.1. The van der Waals surface area contributed by atoms with E-state index >= 15 is 0 Å². The van der Waals surface area contributed by atoms with Gasteiger partial charge in [-0.1, -0.05) is 30.3 Å². The second kappa shape index (κ2) is 8.52. The molecule has 3 rings (SSSR count). The number of halogens is 1. The molecule has 2 aromatic carbocycles. The van der Waals surface area contributed by atoms with Crippen molar-refractivity contribution in [2.45, 2.75) is 12.3 Å². The molecule has 1 atom stereocenters. The van der Waals surface area contributed by atoms with Gasteiger partial charge in [-0.15, -0.1) is 11.8 Å². The fourth-order valence-corrected chi connectivity index (χ4v) is 4.06. The van der Waals surface area contributed by atoms with E-state index in [0.29, 0.717) is 35.5 Å². The first-order chi connectivity index (χ1) is 12.6. The average Bonchev–Trinajstić information content (AvgIpc) is 3.03. The van der Waals surface area contributed by atoms with Crippen LogP contribution < -0.4 is 14.4 Å². The Morgan fingerprint density at radius 1 is 1.23 bits per heavy atom. The quantitative estimate of drug-likeness (QED) is 0.619. The summed E-state index contributed by atoms with van der Waals surface area (Å²) in [6.07, 6.45) is 1.69. The number of anilines is 1. The summed E-state index contributed by atoms with van der Waals surface area (Å²) in [6.45, 7) is 6.54. The topological polar surface area (TPSA) is 38.8 Å². The first-order valence-corrected chi connectivity index (χ1v) is 9.76. The zero-order valence-electron chi connectivity index (χ0n) is 14.5. The molecule has 6 heteroatoms. The highest BCUT2D eigenvalue weighted by molar-refractivity contribution is 8.00. The van der Waals surface area contributed by atoms with E-state index in [-0.39, 0.29) is 11.3 Å². The summed E-state index contributed by atoms with van der Waals surface area (Å²) in [7, 11) is 0. The Hall–Kier alpha value is -2.11. The van der Waals surface area contributed by atoms with Crippen molar-refractivity contribution < 1.29 is 14.3 Å². The summed E-state index contributed by atoms with van der Waals surface area (Å²) in [5.74, 6) is 1.85. The van der Waals surface area contributed by atoms with Gasteiger partial charge in [-0.25, -0.2) is 0 Å². The zero-order chi connectivity index (χ0) is 18.5. The maximum Gasteiger partial charge on any atom is 0.238 e. The van der Waals surface area contributed by atoms with Gasteiger partial charge in [0, 0.05) is 10.7 Å². The second-order valence-electron chi connectivity index (χ2n) is 5.64. The minimum absolute atomic E-state index is 0.0762. The van der Waals surface area contributed by atoms with E-state index in [4.69, 9.17) is 21.1 Å². The van der Waals surface area contributed by atoms with Gasteiger partial charge in [0.2, 0.25) is 5.91 Å². The molecule has 0 radical (unpaired) electrons. The average molecular weight is 390 g/mol. The van der Waals surface area contributed by atoms with Crippen LogP contribution in [0.2, 0.25) is 5.02 Å². The number of nitrogens with zero attached hydrogens (tertiary/aromatic N) is 1. The SMILES string of the molecule is C=CCOc1ccc([C@H]2SCC(=O)N2c2ccc(Cl)cc2)cc1OCC. The van der Waals surface area contributed by atoms with E-state index in [1.807, 2.05) is 37.3 Å². The molecule has 0 bridgehead atoms. The maximum absolute atomic E-state index is 12.5. The molecule has 26 heavy (non-hydrogen) atoms. The lowest BCUT2D eigenvalue weighted by Crippen LogP contribution is -2.27. The van der Waals surface area contributed by atoms with Crippen LogP contribution in [-0.4, -0.2) is 24.9 Å². The van der Waals surface area contributed by atoms with Gasteiger partial charge in [-0.05, 0) is 48.9 Å². The number of hydrogen-bond acceptors (Lipinski definition) is 4. The third-order valence-corrected chi connectivity index (χ3v) is 5.35. The molecule has 0 spiro atoms. The molecule has 0 saturated carbocycles. The minimum atomic E-state index is -0.115. The molecule has 1 aliphatic rings. The smallest absolute Gasteiger partial charge is 0.238 e. The molecule has 1 aliphatic heterocycles. The lowest BCUT2D eigenvalue weighted by atomic mass is 10.1. The van der Waals surface area contributed by atoms with Gasteiger partial charge in [0.05, 0.1) is 12.4 Å². The van der Waals surface area contributed by atoms with Crippen molar-refractivity contribution >= 4 is 35.0 Å². The number of ether oxygens (including phenoxy) is 2. The predicted octanol–water partition coefficient (Wildman–Crippen LogP) is 5.08. The van der Waals surface area contributed by atoms with Crippen LogP contribution in [0.15, 0.2) is 55.1 Å². The number of rotatable bonds is 7. The summed E-state index contributed by atoms with van der Waals surface area (Å²) in [4.78, 5) is 14.3. The highest BCUT2D eigenvalue weighted by Gasteiger charge is 2.34. The third-order valence-electron chi connectivity index (χ3n) is 3.88. The van der Waals surface area contributed by atoms with Gasteiger partial charge in [-0.3, -0.25) is 9.69 Å². The minimum Gasteiger partial charge on any atom is -0.490 e. The lowest BCUT2D eigenvalue weighted by molar-refractivity contribution is -0.115. The summed E-state index contributed by atoms with van der Waals surface area (Å²) in [5, 5.41) is 0.531. The van der Waals surface area contributed by atoms with Crippen molar-refractivity contribution in [1.82, 2.24) is 0 Å². The number of benzene rings is 2. The Kier molecular flexibility index (Phi) is 6.12. The largest absolute Gasteiger partial charge is 0.490 e. The van der Waals surface area contributed by atoms with Crippen LogP contribution in [0.4, 0.5) is 5.69 Å². The van der Waals surface area contributed by atoms with Crippen LogP contribution in [0.25, 0.3) is 0 Å². The number of carbonyl (C=O) groups excluding carboxylic acids is 1. The van der Waals surface area contributed by atoms with Gasteiger partial charge in [0.25, 0.3) is 0 Å². The molecular weight excluding hydrogens is 370 g/mol. The van der Waals surface area contributed by atoms with Gasteiger partial charge in [0.1, 0.15) is 12.0 Å². The van der Waals surface area contributed by atoms with Gasteiger partial charge >= 0.3 is 0 Å². The van der Waals surface area contributed by atoms with Crippen LogP contribution in [0.5, 0.6) is 11.5 Å². The summed E-state index contributed by atoms with van der Waals surface area (Å²) >= 11 is 7.57. The molecule has 1 fully saturated rings. The van der Waals surface area contributed by atoms with Crippen LogP contribution in [-0.2, 0) is 4.79 Å². The van der Waals surface area contributed by atoms with E-state index in [9.17, 15) is 4.79 Å². The Bertz CT molecular complexity index is 794. The Morgan fingerprint density at radius 2 is 2.00 bits per heavy atom. The predicted molar refractivity (Wildman–Crippen MR) is 107 cm³/mol. The first-order valence-electron chi connectivity index (χ1n) is 8.33. The fraction of sp³-hybridized carbons (Fsp3) is 0.250. The molecule has 0 N–H and O–H groups in total. The highest BCUT2D eigenvalue weighted by atomic mass is 35.5. The lowest BCUT2D eigenvalue weighted by Gasteiger charge is -2.25. The molecule has 1 amide bonds. The van der Waals surface area contributed by atoms with Crippen molar-refractivity contribution in [3.63, 3.8) is 0 Å². The van der Waals surface area contributed by atoms with E-state index < -0.39 is 0 Å². The number of hydrogen-bond donors (Lipinski definition) is 0. The highest BCUT2D eigenvalue weighted by Crippen LogP contribution is 2.44. The Balaban J connectivity index is 1.93. The Morgan fingerprint density at radius 3 is 2.69 bits per heavy atom. The van der Waals surface area contributed by atoms with Gasteiger partial charge < -0.3 is 9.47 Å². The van der Waals surface area contributed by atoms with Crippen molar-refractivity contribution in [3.05, 3.63) is 65.7 Å². The van der Waals surface area contributed by atoms with E-state index in [1.165, 1.54) is 0 Å². The van der Waals surface area contributed by atoms with Crippen molar-refractivity contribution in [3.8, 4) is 11.5 Å². The molecular formula is C20H20ClNO3S. The maximum atomic E-state index is 12.5. The number of carbonyl (C=O) groups is 1. The van der Waals surface area contributed by atoms with Crippen LogP contribution in [0, 0.1) is 0 Å². The Labute approximate surface area is 162 Å². The van der Waals surface area contributed by atoms with Crippen LogP contribution >= 0.6 is 23.4 Å². The van der Waals surface area contributed by atoms with Crippen molar-refractivity contribution in [1.29, 1.82) is 0 Å². The van der Waals surface area contributed by atoms with Crippen LogP contribution in [0.1, 0.15) is 17.9 Å². The van der Waals surface area contributed by atoms with Crippen LogP contribution in [0.3, 0.4) is 0 Å². The standard InChI is InChI=1S/C20H20ClNO3S/c1-3-11-25-17-10-5-14(12-18(17)24-4-2)20-22(19(23)13-26-20)16-8-6-15(21)7-9-16/h3,5-10,12,20H,1,4,11,13H2,2H3/t20-/m1/s1. The summed E-state index contributed by atoms with van der Waals surface area (Å²) < 4.78 is 11.4. The zero-order valence-corrected chi connectivity index (χ0v) is 16.1. The molecule has 4 nitrogen and oxygen atoms in total. The molecule has 2 aromatic rings. The first kappa shape index (κ1) is 18.7. The molecule has 0 aliphatic carbocycles. The molecule has 1 heterocycles. The number of amides is 1. The summed E-state index contributed by atoms with van der Waals surface area (Å²) in [5.41, 5.74) is 1.82.